The SMILES string of the molecule is CC(CNC1CCc2sc(Cl)cc21)CN(C)C(=O)OC(C)(C)C. The van der Waals surface area contributed by atoms with Crippen molar-refractivity contribution in [2.24, 2.45) is 5.92 Å². The van der Waals surface area contributed by atoms with Gasteiger partial charge in [-0.2, -0.15) is 0 Å². The van der Waals surface area contributed by atoms with E-state index in [4.69, 9.17) is 16.3 Å². The van der Waals surface area contributed by atoms with E-state index in [0.29, 0.717) is 18.5 Å². The molecule has 0 radical (unpaired) electrons. The Labute approximate surface area is 148 Å². The van der Waals surface area contributed by atoms with Gasteiger partial charge in [-0.05, 0) is 57.7 Å². The molecule has 6 heteroatoms. The Kier molecular flexibility index (Phi) is 5.98. The van der Waals surface area contributed by atoms with Gasteiger partial charge in [0.05, 0.1) is 4.34 Å². The van der Waals surface area contributed by atoms with Crippen LogP contribution < -0.4 is 5.32 Å². The zero-order valence-electron chi connectivity index (χ0n) is 14.6. The Morgan fingerprint density at radius 2 is 2.26 bits per heavy atom. The molecule has 0 bridgehead atoms. The van der Waals surface area contributed by atoms with E-state index in [1.807, 2.05) is 20.8 Å². The third-order valence-corrected chi connectivity index (χ3v) is 5.19. The molecule has 1 aliphatic rings. The number of fused-ring (bicyclic) bond motifs is 1. The summed E-state index contributed by atoms with van der Waals surface area (Å²) in [5, 5.41) is 3.61. The molecule has 0 saturated heterocycles. The minimum Gasteiger partial charge on any atom is -0.444 e. The summed E-state index contributed by atoms with van der Waals surface area (Å²) in [5.41, 5.74) is 0.901. The maximum absolute atomic E-state index is 12.0. The van der Waals surface area contributed by atoms with Crippen molar-refractivity contribution in [3.8, 4) is 0 Å². The van der Waals surface area contributed by atoms with Crippen LogP contribution in [0.3, 0.4) is 0 Å². The van der Waals surface area contributed by atoms with Crippen molar-refractivity contribution in [3.63, 3.8) is 0 Å². The molecule has 1 aliphatic carbocycles. The number of amides is 1. The number of hydrogen-bond acceptors (Lipinski definition) is 4. The molecule has 1 aromatic heterocycles. The van der Waals surface area contributed by atoms with Gasteiger partial charge in [0.15, 0.2) is 0 Å². The van der Waals surface area contributed by atoms with Crippen LogP contribution in [0.25, 0.3) is 0 Å². The maximum atomic E-state index is 12.0. The van der Waals surface area contributed by atoms with E-state index in [9.17, 15) is 4.79 Å². The zero-order valence-corrected chi connectivity index (χ0v) is 16.2. The number of carbonyl (C=O) groups is 1. The second-order valence-corrected chi connectivity index (χ2v) is 9.16. The highest BCUT2D eigenvalue weighted by atomic mass is 35.5. The first-order valence-corrected chi connectivity index (χ1v) is 9.31. The summed E-state index contributed by atoms with van der Waals surface area (Å²) in [4.78, 5) is 15.1. The Hall–Kier alpha value is -0.780. The average molecular weight is 359 g/mol. The maximum Gasteiger partial charge on any atom is 0.410 e. The lowest BCUT2D eigenvalue weighted by Gasteiger charge is -2.27. The summed E-state index contributed by atoms with van der Waals surface area (Å²) in [6.45, 7) is 9.33. The summed E-state index contributed by atoms with van der Waals surface area (Å²) in [6, 6.07) is 2.48. The quantitative estimate of drug-likeness (QED) is 0.843. The number of carbonyl (C=O) groups excluding carboxylic acids is 1. The smallest absolute Gasteiger partial charge is 0.410 e. The van der Waals surface area contributed by atoms with Crippen LogP contribution in [-0.2, 0) is 11.2 Å². The second-order valence-electron chi connectivity index (χ2n) is 7.39. The third-order valence-electron chi connectivity index (χ3n) is 3.85. The Bertz CT molecular complexity index is 553. The van der Waals surface area contributed by atoms with Crippen LogP contribution in [0.15, 0.2) is 6.07 Å². The minimum absolute atomic E-state index is 0.267. The van der Waals surface area contributed by atoms with Crippen LogP contribution in [0, 0.1) is 5.92 Å². The highest BCUT2D eigenvalue weighted by Crippen LogP contribution is 2.39. The van der Waals surface area contributed by atoms with Gasteiger partial charge < -0.3 is 15.0 Å². The Morgan fingerprint density at radius 1 is 1.57 bits per heavy atom. The standard InChI is InChI=1S/C17H27ClN2O2S/c1-11(10-20(5)16(21)22-17(2,3)4)9-19-13-6-7-14-12(13)8-15(18)23-14/h8,11,13,19H,6-7,9-10H2,1-5H3. The molecule has 130 valence electrons. The number of hydrogen-bond donors (Lipinski definition) is 1. The van der Waals surface area contributed by atoms with E-state index in [1.165, 1.54) is 10.4 Å². The van der Waals surface area contributed by atoms with Gasteiger partial charge in [0.2, 0.25) is 0 Å². The minimum atomic E-state index is -0.453. The fourth-order valence-corrected chi connectivity index (χ4v) is 4.19. The molecule has 1 aromatic rings. The van der Waals surface area contributed by atoms with Crippen molar-refractivity contribution in [2.75, 3.05) is 20.1 Å². The van der Waals surface area contributed by atoms with Gasteiger partial charge in [-0.25, -0.2) is 4.79 Å². The van der Waals surface area contributed by atoms with E-state index >= 15 is 0 Å². The third kappa shape index (κ3) is 5.37. The number of nitrogens with one attached hydrogen (secondary N) is 1. The fraction of sp³-hybridized carbons (Fsp3) is 0.706. The van der Waals surface area contributed by atoms with Crippen LogP contribution in [0.4, 0.5) is 4.79 Å². The second kappa shape index (κ2) is 7.41. The number of thiophene rings is 1. The highest BCUT2D eigenvalue weighted by Gasteiger charge is 2.25. The lowest BCUT2D eigenvalue weighted by atomic mass is 10.1. The van der Waals surface area contributed by atoms with Gasteiger partial charge >= 0.3 is 6.09 Å². The molecule has 1 N–H and O–H groups in total. The van der Waals surface area contributed by atoms with E-state index < -0.39 is 5.60 Å². The van der Waals surface area contributed by atoms with Crippen LogP contribution in [0.5, 0.6) is 0 Å². The molecule has 4 nitrogen and oxygen atoms in total. The number of aryl methyl sites for hydroxylation is 1. The largest absolute Gasteiger partial charge is 0.444 e. The van der Waals surface area contributed by atoms with Crippen LogP contribution in [0.2, 0.25) is 4.34 Å². The number of nitrogens with zero attached hydrogens (tertiary/aromatic N) is 1. The monoisotopic (exact) mass is 358 g/mol. The first kappa shape index (κ1) is 18.6. The predicted octanol–water partition coefficient (Wildman–Crippen LogP) is 4.48. The van der Waals surface area contributed by atoms with Gasteiger partial charge in [-0.3, -0.25) is 0 Å². The summed E-state index contributed by atoms with van der Waals surface area (Å²) in [6.07, 6.45) is 1.97. The van der Waals surface area contributed by atoms with Gasteiger partial charge in [0, 0.05) is 24.5 Å². The topological polar surface area (TPSA) is 41.6 Å². The number of ether oxygens (including phenoxy) is 1. The Balaban J connectivity index is 1.77. The molecule has 0 fully saturated rings. The van der Waals surface area contributed by atoms with E-state index in [0.717, 1.165) is 23.7 Å². The van der Waals surface area contributed by atoms with Crippen molar-refractivity contribution in [2.45, 2.75) is 52.2 Å². The molecule has 0 aromatic carbocycles. The van der Waals surface area contributed by atoms with Gasteiger partial charge in [-0.15, -0.1) is 11.3 Å². The zero-order chi connectivity index (χ0) is 17.2. The number of halogens is 1. The first-order valence-electron chi connectivity index (χ1n) is 8.11. The summed E-state index contributed by atoms with van der Waals surface area (Å²) >= 11 is 7.79. The molecule has 2 unspecified atom stereocenters. The van der Waals surface area contributed by atoms with Crippen molar-refractivity contribution in [1.29, 1.82) is 0 Å². The van der Waals surface area contributed by atoms with Crippen LogP contribution >= 0.6 is 22.9 Å². The molecule has 23 heavy (non-hydrogen) atoms. The van der Waals surface area contributed by atoms with Crippen molar-refractivity contribution < 1.29 is 9.53 Å². The molecule has 0 spiro atoms. The van der Waals surface area contributed by atoms with Gasteiger partial charge in [0.1, 0.15) is 5.60 Å². The lowest BCUT2D eigenvalue weighted by Crippen LogP contribution is -2.38. The molecule has 0 aliphatic heterocycles. The van der Waals surface area contributed by atoms with Gasteiger partial charge in [-0.1, -0.05) is 18.5 Å². The van der Waals surface area contributed by atoms with Crippen LogP contribution in [0.1, 0.15) is 50.6 Å². The first-order chi connectivity index (χ1) is 10.7. The molecular weight excluding hydrogens is 332 g/mol. The fourth-order valence-electron chi connectivity index (χ4n) is 2.83. The molecule has 1 heterocycles. The summed E-state index contributed by atoms with van der Waals surface area (Å²) in [7, 11) is 1.79. The normalized spacial score (nSPS) is 18.6. The number of rotatable bonds is 5. The van der Waals surface area contributed by atoms with Crippen molar-refractivity contribution in [1.82, 2.24) is 10.2 Å². The molecule has 1 amide bonds. The van der Waals surface area contributed by atoms with E-state index in [-0.39, 0.29) is 6.09 Å². The average Bonchev–Trinajstić information content (AvgIpc) is 2.93. The van der Waals surface area contributed by atoms with Crippen molar-refractivity contribution >= 4 is 29.0 Å². The molecular formula is C17H27ClN2O2S. The van der Waals surface area contributed by atoms with Crippen molar-refractivity contribution in [3.05, 3.63) is 20.8 Å². The highest BCUT2D eigenvalue weighted by molar-refractivity contribution is 7.16. The lowest BCUT2D eigenvalue weighted by molar-refractivity contribution is 0.0276. The predicted molar refractivity (Wildman–Crippen MR) is 96.4 cm³/mol. The van der Waals surface area contributed by atoms with Crippen LogP contribution in [-0.4, -0.2) is 36.7 Å². The molecule has 2 atom stereocenters. The summed E-state index contributed by atoms with van der Waals surface area (Å²) < 4.78 is 6.26. The van der Waals surface area contributed by atoms with E-state index in [2.05, 4.69) is 18.3 Å². The summed E-state index contributed by atoms with van der Waals surface area (Å²) in [5.74, 6) is 0.352. The van der Waals surface area contributed by atoms with Gasteiger partial charge in [0.25, 0.3) is 0 Å². The Morgan fingerprint density at radius 3 is 2.91 bits per heavy atom. The molecule has 0 saturated carbocycles. The molecule has 2 rings (SSSR count). The van der Waals surface area contributed by atoms with E-state index in [1.54, 1.807) is 23.3 Å².